The van der Waals surface area contributed by atoms with Gasteiger partial charge in [0.25, 0.3) is 0 Å². The molecule has 0 aromatic carbocycles. The highest BCUT2D eigenvalue weighted by Gasteiger charge is 2.36. The molecule has 1 atom stereocenters. The largest absolute Gasteiger partial charge is 0.352 e. The smallest absolute Gasteiger partial charge is 0.223 e. The van der Waals surface area contributed by atoms with Crippen molar-refractivity contribution in [1.82, 2.24) is 9.88 Å². The van der Waals surface area contributed by atoms with Crippen molar-refractivity contribution >= 4 is 11.7 Å². The molecule has 2 aliphatic rings. The van der Waals surface area contributed by atoms with Gasteiger partial charge in [0.1, 0.15) is 11.9 Å². The zero-order valence-electron chi connectivity index (χ0n) is 10.0. The Morgan fingerprint density at radius 1 is 1.44 bits per heavy atom. The van der Waals surface area contributed by atoms with Crippen LogP contribution in [-0.4, -0.2) is 41.5 Å². The fourth-order valence-electron chi connectivity index (χ4n) is 2.79. The molecular formula is C13H14N4O. The van der Waals surface area contributed by atoms with E-state index in [1.54, 1.807) is 18.3 Å². The second-order valence-corrected chi connectivity index (χ2v) is 4.71. The summed E-state index contributed by atoms with van der Waals surface area (Å²) in [7, 11) is 0. The number of nitrogens with zero attached hydrogens (tertiary/aromatic N) is 4. The van der Waals surface area contributed by atoms with E-state index in [2.05, 4.69) is 16.0 Å². The van der Waals surface area contributed by atoms with Crippen molar-refractivity contribution in [3.05, 3.63) is 23.9 Å². The lowest BCUT2D eigenvalue weighted by atomic mass is 10.1. The van der Waals surface area contributed by atoms with Crippen molar-refractivity contribution < 1.29 is 4.79 Å². The molecule has 3 rings (SSSR count). The summed E-state index contributed by atoms with van der Waals surface area (Å²) in [6, 6.07) is 6.03. The summed E-state index contributed by atoms with van der Waals surface area (Å²) >= 11 is 0. The molecule has 3 heterocycles. The highest BCUT2D eigenvalue weighted by atomic mass is 16.2. The number of anilines is 1. The van der Waals surface area contributed by atoms with Crippen LogP contribution < -0.4 is 4.90 Å². The van der Waals surface area contributed by atoms with Crippen LogP contribution in [0.5, 0.6) is 0 Å². The summed E-state index contributed by atoms with van der Waals surface area (Å²) < 4.78 is 0. The van der Waals surface area contributed by atoms with E-state index in [9.17, 15) is 4.79 Å². The number of piperazine rings is 1. The summed E-state index contributed by atoms with van der Waals surface area (Å²) in [4.78, 5) is 20.0. The molecular weight excluding hydrogens is 228 g/mol. The molecule has 0 aliphatic carbocycles. The molecule has 0 bridgehead atoms. The van der Waals surface area contributed by atoms with Crippen molar-refractivity contribution in [1.29, 1.82) is 5.26 Å². The van der Waals surface area contributed by atoms with Gasteiger partial charge in [0.2, 0.25) is 5.91 Å². The van der Waals surface area contributed by atoms with Gasteiger partial charge in [-0.15, -0.1) is 0 Å². The van der Waals surface area contributed by atoms with Gasteiger partial charge in [0.15, 0.2) is 0 Å². The van der Waals surface area contributed by atoms with Crippen molar-refractivity contribution in [2.75, 3.05) is 24.5 Å². The molecule has 2 aliphatic heterocycles. The van der Waals surface area contributed by atoms with Crippen LogP contribution in [0.1, 0.15) is 18.4 Å². The van der Waals surface area contributed by atoms with E-state index >= 15 is 0 Å². The van der Waals surface area contributed by atoms with E-state index in [1.807, 2.05) is 4.90 Å². The molecule has 0 N–H and O–H groups in total. The minimum absolute atomic E-state index is 0.265. The number of carbonyl (C=O) groups is 1. The topological polar surface area (TPSA) is 60.2 Å². The predicted octanol–water partition coefficient (Wildman–Crippen LogP) is 0.764. The molecule has 1 aromatic rings. The van der Waals surface area contributed by atoms with Crippen LogP contribution in [0, 0.1) is 11.3 Å². The van der Waals surface area contributed by atoms with E-state index in [-0.39, 0.29) is 5.91 Å². The highest BCUT2D eigenvalue weighted by molar-refractivity contribution is 5.79. The van der Waals surface area contributed by atoms with E-state index < -0.39 is 0 Å². The van der Waals surface area contributed by atoms with Gasteiger partial charge >= 0.3 is 0 Å². The predicted molar refractivity (Wildman–Crippen MR) is 65.9 cm³/mol. The number of fused-ring (bicyclic) bond motifs is 1. The summed E-state index contributed by atoms with van der Waals surface area (Å²) in [6.07, 6.45) is 3.29. The normalized spacial score (nSPS) is 22.8. The van der Waals surface area contributed by atoms with Gasteiger partial charge in [-0.3, -0.25) is 4.79 Å². The molecule has 1 amide bonds. The average Bonchev–Trinajstić information content (AvgIpc) is 2.80. The van der Waals surface area contributed by atoms with Gasteiger partial charge in [-0.05, 0) is 18.6 Å². The first-order chi connectivity index (χ1) is 8.79. The molecule has 5 nitrogen and oxygen atoms in total. The van der Waals surface area contributed by atoms with E-state index in [0.29, 0.717) is 18.0 Å². The van der Waals surface area contributed by atoms with Gasteiger partial charge in [0, 0.05) is 38.3 Å². The first-order valence-electron chi connectivity index (χ1n) is 6.19. The number of nitriles is 1. The molecule has 2 saturated heterocycles. The molecule has 92 valence electrons. The average molecular weight is 242 g/mol. The van der Waals surface area contributed by atoms with Crippen molar-refractivity contribution in [3.63, 3.8) is 0 Å². The fourth-order valence-corrected chi connectivity index (χ4v) is 2.79. The Hall–Kier alpha value is -2.09. The van der Waals surface area contributed by atoms with E-state index in [0.717, 1.165) is 31.9 Å². The number of carbonyl (C=O) groups excluding carboxylic acids is 1. The summed E-state index contributed by atoms with van der Waals surface area (Å²) in [6.45, 7) is 2.29. The molecule has 0 saturated carbocycles. The van der Waals surface area contributed by atoms with Crippen molar-refractivity contribution in [2.45, 2.75) is 18.9 Å². The number of hydrogen-bond donors (Lipinski definition) is 0. The lowest BCUT2D eigenvalue weighted by molar-refractivity contribution is -0.129. The van der Waals surface area contributed by atoms with Gasteiger partial charge in [0.05, 0.1) is 5.56 Å². The second-order valence-electron chi connectivity index (χ2n) is 4.71. The minimum Gasteiger partial charge on any atom is -0.352 e. The Morgan fingerprint density at radius 3 is 3.17 bits per heavy atom. The molecule has 1 unspecified atom stereocenters. The second kappa shape index (κ2) is 4.30. The van der Waals surface area contributed by atoms with Crippen LogP contribution in [0.3, 0.4) is 0 Å². The van der Waals surface area contributed by atoms with Crippen LogP contribution in [0.25, 0.3) is 0 Å². The molecule has 0 radical (unpaired) electrons. The zero-order chi connectivity index (χ0) is 12.5. The third-order valence-electron chi connectivity index (χ3n) is 3.70. The van der Waals surface area contributed by atoms with Gasteiger partial charge in [-0.1, -0.05) is 0 Å². The fraction of sp³-hybridized carbons (Fsp3) is 0.462. The van der Waals surface area contributed by atoms with Crippen LogP contribution >= 0.6 is 0 Å². The SMILES string of the molecule is N#Cc1cccnc1N1CCN2C(=O)CCC2C1. The zero-order valence-corrected chi connectivity index (χ0v) is 10.0. The maximum atomic E-state index is 11.6. The Morgan fingerprint density at radius 2 is 2.33 bits per heavy atom. The van der Waals surface area contributed by atoms with Gasteiger partial charge < -0.3 is 9.80 Å². The number of amides is 1. The maximum Gasteiger partial charge on any atom is 0.223 e. The number of rotatable bonds is 1. The van der Waals surface area contributed by atoms with Crippen LogP contribution in [0.15, 0.2) is 18.3 Å². The van der Waals surface area contributed by atoms with Gasteiger partial charge in [-0.25, -0.2) is 4.98 Å². The van der Waals surface area contributed by atoms with Gasteiger partial charge in [-0.2, -0.15) is 5.26 Å². The Kier molecular flexibility index (Phi) is 2.63. The molecule has 18 heavy (non-hydrogen) atoms. The third-order valence-corrected chi connectivity index (χ3v) is 3.70. The first kappa shape index (κ1) is 11.0. The van der Waals surface area contributed by atoms with Crippen LogP contribution in [0.4, 0.5) is 5.82 Å². The summed E-state index contributed by atoms with van der Waals surface area (Å²) in [5, 5.41) is 9.10. The van der Waals surface area contributed by atoms with Crippen molar-refractivity contribution in [3.8, 4) is 6.07 Å². The maximum absolute atomic E-state index is 11.6. The van der Waals surface area contributed by atoms with Crippen LogP contribution in [0.2, 0.25) is 0 Å². The summed E-state index contributed by atoms with van der Waals surface area (Å²) in [5.41, 5.74) is 0.607. The Bertz CT molecular complexity index is 522. The highest BCUT2D eigenvalue weighted by Crippen LogP contribution is 2.26. The monoisotopic (exact) mass is 242 g/mol. The lowest BCUT2D eigenvalue weighted by Crippen LogP contribution is -2.51. The molecule has 5 heteroatoms. The van der Waals surface area contributed by atoms with E-state index in [4.69, 9.17) is 5.26 Å². The van der Waals surface area contributed by atoms with Crippen molar-refractivity contribution in [2.24, 2.45) is 0 Å². The molecule has 1 aromatic heterocycles. The third kappa shape index (κ3) is 1.70. The molecule has 0 spiro atoms. The standard InChI is InChI=1S/C13H14N4O/c14-8-10-2-1-5-15-13(10)16-6-7-17-11(9-16)3-4-12(17)18/h1-2,5,11H,3-4,6-7,9H2. The Labute approximate surface area is 106 Å². The number of hydrogen-bond acceptors (Lipinski definition) is 4. The lowest BCUT2D eigenvalue weighted by Gasteiger charge is -2.38. The molecule has 2 fully saturated rings. The van der Waals surface area contributed by atoms with Crippen LogP contribution in [-0.2, 0) is 4.79 Å². The minimum atomic E-state index is 0.265. The quantitative estimate of drug-likeness (QED) is 0.729. The van der Waals surface area contributed by atoms with E-state index in [1.165, 1.54) is 0 Å². The summed E-state index contributed by atoms with van der Waals surface area (Å²) in [5.74, 6) is 1.01. The number of aromatic nitrogens is 1. The first-order valence-corrected chi connectivity index (χ1v) is 6.19. The Balaban J connectivity index is 1.83. The number of pyridine rings is 1.